The largest absolute Gasteiger partial charge is 0.378 e. The summed E-state index contributed by atoms with van der Waals surface area (Å²) in [5, 5.41) is 0. The maximum Gasteiger partial charge on any atom is 0.220 e. The highest BCUT2D eigenvalue weighted by molar-refractivity contribution is 5.21. The number of hydrogen-bond donors (Lipinski definition) is 1. The fraction of sp³-hybridized carbons (Fsp3) is 0.429. The van der Waals surface area contributed by atoms with Gasteiger partial charge < -0.3 is 10.5 Å². The molecule has 60 valence electrons. The molecule has 0 aliphatic heterocycles. The number of ether oxygens (including phenoxy) is 1. The Hall–Kier alpha value is -1.16. The van der Waals surface area contributed by atoms with Crippen molar-refractivity contribution in [2.45, 2.75) is 13.5 Å². The summed E-state index contributed by atoms with van der Waals surface area (Å²) in [6, 6.07) is 1.85. The first-order chi connectivity index (χ1) is 5.22. The van der Waals surface area contributed by atoms with Crippen molar-refractivity contribution in [3.8, 4) is 0 Å². The van der Waals surface area contributed by atoms with Crippen molar-refractivity contribution in [3.63, 3.8) is 0 Å². The lowest BCUT2D eigenvalue weighted by Crippen LogP contribution is -2.01. The molecule has 1 rings (SSSR count). The third-order valence-corrected chi connectivity index (χ3v) is 1.22. The van der Waals surface area contributed by atoms with E-state index in [4.69, 9.17) is 10.5 Å². The molecule has 1 heterocycles. The van der Waals surface area contributed by atoms with E-state index < -0.39 is 0 Å². The van der Waals surface area contributed by atoms with Gasteiger partial charge in [-0.1, -0.05) is 0 Å². The zero-order valence-corrected chi connectivity index (χ0v) is 6.66. The van der Waals surface area contributed by atoms with Gasteiger partial charge in [0.25, 0.3) is 0 Å². The van der Waals surface area contributed by atoms with Crippen LogP contribution in [0.2, 0.25) is 0 Å². The van der Waals surface area contributed by atoms with Crippen LogP contribution >= 0.6 is 0 Å². The number of nitrogens with two attached hydrogens (primary N) is 1. The van der Waals surface area contributed by atoms with E-state index in [1.165, 1.54) is 0 Å². The zero-order chi connectivity index (χ0) is 8.27. The van der Waals surface area contributed by atoms with E-state index in [-0.39, 0.29) is 0 Å². The summed E-state index contributed by atoms with van der Waals surface area (Å²) >= 11 is 0. The average molecular weight is 153 g/mol. The van der Waals surface area contributed by atoms with E-state index in [1.54, 1.807) is 7.11 Å². The molecular weight excluding hydrogens is 142 g/mol. The zero-order valence-electron chi connectivity index (χ0n) is 6.66. The molecule has 0 saturated carbocycles. The molecule has 1 aromatic rings. The van der Waals surface area contributed by atoms with E-state index in [0.29, 0.717) is 12.6 Å². The molecule has 4 nitrogen and oxygen atoms in total. The minimum absolute atomic E-state index is 0.303. The minimum Gasteiger partial charge on any atom is -0.378 e. The molecule has 0 unspecified atom stereocenters. The monoisotopic (exact) mass is 153 g/mol. The number of nitrogens with zero attached hydrogens (tertiary/aromatic N) is 2. The highest BCUT2D eigenvalue weighted by atomic mass is 16.5. The van der Waals surface area contributed by atoms with Crippen molar-refractivity contribution in [1.82, 2.24) is 9.97 Å². The quantitative estimate of drug-likeness (QED) is 0.672. The summed E-state index contributed by atoms with van der Waals surface area (Å²) in [5.74, 6) is 0.303. The molecule has 11 heavy (non-hydrogen) atoms. The molecule has 4 heteroatoms. The number of anilines is 1. The van der Waals surface area contributed by atoms with Crippen LogP contribution in [0.3, 0.4) is 0 Å². The smallest absolute Gasteiger partial charge is 0.220 e. The number of aryl methyl sites for hydroxylation is 1. The van der Waals surface area contributed by atoms with Crippen LogP contribution in [0.4, 0.5) is 5.95 Å². The SMILES string of the molecule is COCc1cc(C)nc(N)n1. The van der Waals surface area contributed by atoms with Crippen molar-refractivity contribution in [3.05, 3.63) is 17.5 Å². The Balaban J connectivity index is 2.89. The van der Waals surface area contributed by atoms with Crippen LogP contribution in [0.1, 0.15) is 11.4 Å². The van der Waals surface area contributed by atoms with Crippen molar-refractivity contribution in [2.75, 3.05) is 12.8 Å². The topological polar surface area (TPSA) is 61.0 Å². The van der Waals surface area contributed by atoms with Gasteiger partial charge in [0.15, 0.2) is 0 Å². The third-order valence-electron chi connectivity index (χ3n) is 1.22. The Labute approximate surface area is 65.4 Å². The summed E-state index contributed by atoms with van der Waals surface area (Å²) < 4.78 is 4.89. The van der Waals surface area contributed by atoms with Crippen LogP contribution in [0, 0.1) is 6.92 Å². The molecule has 0 aliphatic carbocycles. The van der Waals surface area contributed by atoms with Crippen LogP contribution in [-0.2, 0) is 11.3 Å². The Kier molecular flexibility index (Phi) is 2.38. The molecule has 0 saturated heterocycles. The van der Waals surface area contributed by atoms with Gasteiger partial charge in [0.05, 0.1) is 12.3 Å². The number of hydrogen-bond acceptors (Lipinski definition) is 4. The maximum atomic E-state index is 5.41. The number of nitrogen functional groups attached to an aromatic ring is 1. The van der Waals surface area contributed by atoms with Gasteiger partial charge in [0.1, 0.15) is 0 Å². The standard InChI is InChI=1S/C7H11N3O/c1-5-3-6(4-11-2)10-7(8)9-5/h3H,4H2,1-2H3,(H2,8,9,10). The molecule has 0 radical (unpaired) electrons. The molecule has 0 aromatic carbocycles. The molecule has 2 N–H and O–H groups in total. The fourth-order valence-corrected chi connectivity index (χ4v) is 0.880. The second-order valence-corrected chi connectivity index (χ2v) is 2.29. The van der Waals surface area contributed by atoms with Gasteiger partial charge in [-0.05, 0) is 13.0 Å². The highest BCUT2D eigenvalue weighted by Crippen LogP contribution is 2.01. The van der Waals surface area contributed by atoms with Crippen LogP contribution in [0.25, 0.3) is 0 Å². The van der Waals surface area contributed by atoms with Crippen LogP contribution in [-0.4, -0.2) is 17.1 Å². The molecule has 0 bridgehead atoms. The Morgan fingerprint density at radius 3 is 2.82 bits per heavy atom. The summed E-state index contributed by atoms with van der Waals surface area (Å²) in [6.07, 6.45) is 0. The second kappa shape index (κ2) is 3.30. The van der Waals surface area contributed by atoms with E-state index in [1.807, 2.05) is 13.0 Å². The van der Waals surface area contributed by atoms with Gasteiger partial charge in [0.2, 0.25) is 5.95 Å². The Bertz CT molecular complexity index is 229. The van der Waals surface area contributed by atoms with Crippen molar-refractivity contribution in [1.29, 1.82) is 0 Å². The first kappa shape index (κ1) is 7.94. The van der Waals surface area contributed by atoms with Gasteiger partial charge >= 0.3 is 0 Å². The second-order valence-electron chi connectivity index (χ2n) is 2.29. The third kappa shape index (κ3) is 2.16. The number of methoxy groups -OCH3 is 1. The van der Waals surface area contributed by atoms with Crippen LogP contribution in [0.15, 0.2) is 6.07 Å². The van der Waals surface area contributed by atoms with Crippen LogP contribution < -0.4 is 5.73 Å². The van der Waals surface area contributed by atoms with E-state index in [2.05, 4.69) is 9.97 Å². The normalized spacial score (nSPS) is 10.0. The van der Waals surface area contributed by atoms with E-state index in [9.17, 15) is 0 Å². The van der Waals surface area contributed by atoms with Gasteiger partial charge in [-0.25, -0.2) is 9.97 Å². The van der Waals surface area contributed by atoms with Gasteiger partial charge in [-0.15, -0.1) is 0 Å². The molecule has 0 fully saturated rings. The minimum atomic E-state index is 0.303. The summed E-state index contributed by atoms with van der Waals surface area (Å²) in [6.45, 7) is 2.35. The van der Waals surface area contributed by atoms with Crippen LogP contribution in [0.5, 0.6) is 0 Å². The van der Waals surface area contributed by atoms with Crippen molar-refractivity contribution in [2.24, 2.45) is 0 Å². The molecular formula is C7H11N3O. The summed E-state index contributed by atoms with van der Waals surface area (Å²) in [4.78, 5) is 7.89. The van der Waals surface area contributed by atoms with E-state index >= 15 is 0 Å². The highest BCUT2D eigenvalue weighted by Gasteiger charge is 1.97. The van der Waals surface area contributed by atoms with E-state index in [0.717, 1.165) is 11.4 Å². The lowest BCUT2D eigenvalue weighted by Gasteiger charge is -2.00. The molecule has 0 amide bonds. The fourth-order valence-electron chi connectivity index (χ4n) is 0.880. The van der Waals surface area contributed by atoms with Gasteiger partial charge in [-0.2, -0.15) is 0 Å². The lowest BCUT2D eigenvalue weighted by molar-refractivity contribution is 0.181. The molecule has 0 atom stereocenters. The Morgan fingerprint density at radius 2 is 2.27 bits per heavy atom. The predicted molar refractivity (Wildman–Crippen MR) is 41.9 cm³/mol. The van der Waals surface area contributed by atoms with Gasteiger partial charge in [0, 0.05) is 12.8 Å². The Morgan fingerprint density at radius 1 is 1.55 bits per heavy atom. The number of rotatable bonds is 2. The van der Waals surface area contributed by atoms with Crippen molar-refractivity contribution >= 4 is 5.95 Å². The lowest BCUT2D eigenvalue weighted by atomic mass is 10.3. The van der Waals surface area contributed by atoms with Crippen molar-refractivity contribution < 1.29 is 4.74 Å². The average Bonchev–Trinajstić information content (AvgIpc) is 1.85. The maximum absolute atomic E-state index is 5.41. The summed E-state index contributed by atoms with van der Waals surface area (Å²) in [7, 11) is 1.62. The molecule has 0 spiro atoms. The first-order valence-electron chi connectivity index (χ1n) is 3.31. The molecule has 0 aliphatic rings. The number of aromatic nitrogens is 2. The predicted octanol–water partition coefficient (Wildman–Crippen LogP) is 0.514. The van der Waals surface area contributed by atoms with Gasteiger partial charge in [-0.3, -0.25) is 0 Å². The first-order valence-corrected chi connectivity index (χ1v) is 3.31. The summed E-state index contributed by atoms with van der Waals surface area (Å²) in [5.41, 5.74) is 7.09. The molecule has 1 aromatic heterocycles.